The van der Waals surface area contributed by atoms with E-state index in [9.17, 15) is 13.5 Å². The average molecular weight is 332 g/mol. The highest BCUT2D eigenvalue weighted by Crippen LogP contribution is 2.43. The van der Waals surface area contributed by atoms with Crippen LogP contribution in [-0.2, 0) is 9.84 Å². The fourth-order valence-corrected chi connectivity index (χ4v) is 4.61. The number of sulfone groups is 1. The smallest absolute Gasteiger partial charge is 0.210 e. The number of aliphatic hydroxyl groups is 1. The number of para-hydroxylation sites is 2. The molecule has 2 aromatic carbocycles. The Bertz CT molecular complexity index is 765. The number of benzene rings is 2. The van der Waals surface area contributed by atoms with Crippen molar-refractivity contribution in [2.45, 2.75) is 15.9 Å². The summed E-state index contributed by atoms with van der Waals surface area (Å²) in [5.41, 5.74) is 1.23. The molecule has 1 N–H and O–H groups in total. The number of hydrogen-bond acceptors (Lipinski definition) is 5. The van der Waals surface area contributed by atoms with Crippen LogP contribution in [0.25, 0.3) is 0 Å². The minimum absolute atomic E-state index is 0.288. The van der Waals surface area contributed by atoms with Gasteiger partial charge in [-0.1, -0.05) is 24.3 Å². The van der Waals surface area contributed by atoms with Gasteiger partial charge >= 0.3 is 0 Å². The first kappa shape index (κ1) is 16.0. The summed E-state index contributed by atoms with van der Waals surface area (Å²) in [4.78, 5) is 4.37. The molecule has 0 radical (unpaired) electrons. The number of likely N-dealkylation sites (N-methyl/N-ethyl adjacent to an activating group) is 1. The zero-order valence-electron chi connectivity index (χ0n) is 13.2. The van der Waals surface area contributed by atoms with Gasteiger partial charge in [-0.05, 0) is 38.4 Å². The maximum absolute atomic E-state index is 12.8. The van der Waals surface area contributed by atoms with Crippen molar-refractivity contribution < 1.29 is 13.5 Å². The first-order valence-corrected chi connectivity index (χ1v) is 8.93. The molecule has 0 spiro atoms. The highest BCUT2D eigenvalue weighted by atomic mass is 32.2. The minimum atomic E-state index is -3.53. The molecule has 6 heteroatoms. The van der Waals surface area contributed by atoms with Gasteiger partial charge in [0.1, 0.15) is 0 Å². The van der Waals surface area contributed by atoms with Gasteiger partial charge in [-0.25, -0.2) is 8.42 Å². The molecule has 1 atom stereocenters. The molecule has 0 saturated heterocycles. The topological polar surface area (TPSA) is 60.9 Å². The fourth-order valence-electron chi connectivity index (χ4n) is 2.95. The Balaban J connectivity index is 2.11. The van der Waals surface area contributed by atoms with Crippen molar-refractivity contribution in [1.82, 2.24) is 4.90 Å². The van der Waals surface area contributed by atoms with E-state index in [0.717, 1.165) is 0 Å². The van der Waals surface area contributed by atoms with Crippen molar-refractivity contribution in [2.75, 3.05) is 32.1 Å². The molecule has 1 aliphatic heterocycles. The van der Waals surface area contributed by atoms with E-state index in [0.29, 0.717) is 24.5 Å². The molecule has 1 unspecified atom stereocenters. The van der Waals surface area contributed by atoms with E-state index in [1.54, 1.807) is 36.4 Å². The second-order valence-corrected chi connectivity index (χ2v) is 7.85. The Morgan fingerprint density at radius 2 is 1.48 bits per heavy atom. The Hall–Kier alpha value is -1.89. The fraction of sp³-hybridized carbons (Fsp3) is 0.294. The van der Waals surface area contributed by atoms with Gasteiger partial charge in [0.15, 0.2) is 0 Å². The van der Waals surface area contributed by atoms with Gasteiger partial charge in [0.05, 0.1) is 33.8 Å². The standard InChI is InChI=1S/C17H20N2O3S/c1-18(2)11-13(20)12-19-14-7-3-5-9-16(14)23(21,22)17-10-6-4-8-15(17)19/h3-10,13,20H,11-12H2,1-2H3. The van der Waals surface area contributed by atoms with E-state index in [2.05, 4.69) is 0 Å². The Morgan fingerprint density at radius 1 is 1.00 bits per heavy atom. The number of rotatable bonds is 4. The van der Waals surface area contributed by atoms with Gasteiger partial charge in [-0.2, -0.15) is 0 Å². The summed E-state index contributed by atoms with van der Waals surface area (Å²) in [5, 5.41) is 10.3. The van der Waals surface area contributed by atoms with Crippen LogP contribution in [0, 0.1) is 0 Å². The first-order valence-electron chi connectivity index (χ1n) is 7.45. The number of β-amino-alcohol motifs (C(OH)–C–C–N with tert-alkyl or cyclic N) is 1. The molecule has 0 saturated carbocycles. The third-order valence-electron chi connectivity index (χ3n) is 3.86. The van der Waals surface area contributed by atoms with E-state index in [-0.39, 0.29) is 9.79 Å². The van der Waals surface area contributed by atoms with Crippen molar-refractivity contribution in [3.05, 3.63) is 48.5 Å². The van der Waals surface area contributed by atoms with Crippen LogP contribution in [0.2, 0.25) is 0 Å². The highest BCUT2D eigenvalue weighted by Gasteiger charge is 2.34. The minimum Gasteiger partial charge on any atom is -0.390 e. The van der Waals surface area contributed by atoms with Crippen LogP contribution in [0.1, 0.15) is 0 Å². The van der Waals surface area contributed by atoms with Crippen LogP contribution in [0.15, 0.2) is 58.3 Å². The summed E-state index contributed by atoms with van der Waals surface area (Å²) < 4.78 is 25.6. The monoisotopic (exact) mass is 332 g/mol. The molecule has 1 heterocycles. The molecular formula is C17H20N2O3S. The molecule has 0 aromatic heterocycles. The average Bonchev–Trinajstić information content (AvgIpc) is 2.51. The van der Waals surface area contributed by atoms with Gasteiger partial charge < -0.3 is 14.9 Å². The molecule has 122 valence electrons. The van der Waals surface area contributed by atoms with Crippen molar-refractivity contribution in [1.29, 1.82) is 0 Å². The molecule has 0 bridgehead atoms. The lowest BCUT2D eigenvalue weighted by molar-refractivity contribution is 0.143. The molecule has 3 rings (SSSR count). The molecule has 1 aliphatic rings. The largest absolute Gasteiger partial charge is 0.390 e. The Morgan fingerprint density at radius 3 is 1.96 bits per heavy atom. The van der Waals surface area contributed by atoms with Crippen LogP contribution in [0.3, 0.4) is 0 Å². The predicted molar refractivity (Wildman–Crippen MR) is 89.9 cm³/mol. The van der Waals surface area contributed by atoms with Crippen LogP contribution in [0.5, 0.6) is 0 Å². The molecule has 0 aliphatic carbocycles. The lowest BCUT2D eigenvalue weighted by Gasteiger charge is -2.34. The van der Waals surface area contributed by atoms with E-state index in [1.807, 2.05) is 36.0 Å². The SMILES string of the molecule is CN(C)CC(O)CN1c2ccccc2S(=O)(=O)c2ccccc21. The second-order valence-electron chi connectivity index (χ2n) is 5.97. The summed E-state index contributed by atoms with van der Waals surface area (Å²) in [6.07, 6.45) is -0.591. The summed E-state index contributed by atoms with van der Waals surface area (Å²) >= 11 is 0. The van der Waals surface area contributed by atoms with Crippen LogP contribution in [0.4, 0.5) is 11.4 Å². The number of nitrogens with zero attached hydrogens (tertiary/aromatic N) is 2. The lowest BCUT2D eigenvalue weighted by Crippen LogP contribution is -2.38. The summed E-state index contributed by atoms with van der Waals surface area (Å²) in [5.74, 6) is 0. The summed E-state index contributed by atoms with van der Waals surface area (Å²) in [6.45, 7) is 0.843. The quantitative estimate of drug-likeness (QED) is 0.926. The maximum Gasteiger partial charge on any atom is 0.210 e. The van der Waals surface area contributed by atoms with Crippen molar-refractivity contribution in [3.8, 4) is 0 Å². The van der Waals surface area contributed by atoms with Crippen LogP contribution >= 0.6 is 0 Å². The molecule has 0 fully saturated rings. The zero-order chi connectivity index (χ0) is 16.6. The van der Waals surface area contributed by atoms with Crippen molar-refractivity contribution in [3.63, 3.8) is 0 Å². The third-order valence-corrected chi connectivity index (χ3v) is 5.71. The van der Waals surface area contributed by atoms with E-state index < -0.39 is 15.9 Å². The normalized spacial score (nSPS) is 16.8. The summed E-state index contributed by atoms with van der Waals surface area (Å²) in [7, 11) is 0.262. The van der Waals surface area contributed by atoms with E-state index >= 15 is 0 Å². The highest BCUT2D eigenvalue weighted by molar-refractivity contribution is 7.92. The molecule has 23 heavy (non-hydrogen) atoms. The van der Waals surface area contributed by atoms with Gasteiger partial charge in [0.2, 0.25) is 9.84 Å². The second kappa shape index (κ2) is 5.96. The molecular weight excluding hydrogens is 312 g/mol. The lowest BCUT2D eigenvalue weighted by atomic mass is 10.2. The van der Waals surface area contributed by atoms with Crippen molar-refractivity contribution >= 4 is 21.2 Å². The van der Waals surface area contributed by atoms with Gasteiger partial charge in [0, 0.05) is 6.54 Å². The number of aliphatic hydroxyl groups excluding tert-OH is 1. The van der Waals surface area contributed by atoms with Crippen molar-refractivity contribution in [2.24, 2.45) is 0 Å². The number of fused-ring (bicyclic) bond motifs is 2. The van der Waals surface area contributed by atoms with Crippen LogP contribution in [-0.4, -0.2) is 51.7 Å². The first-order chi connectivity index (χ1) is 10.9. The zero-order valence-corrected chi connectivity index (χ0v) is 14.0. The van der Waals surface area contributed by atoms with Gasteiger partial charge in [-0.15, -0.1) is 0 Å². The van der Waals surface area contributed by atoms with Gasteiger partial charge in [-0.3, -0.25) is 0 Å². The Labute approximate surface area is 136 Å². The number of anilines is 2. The number of hydrogen-bond donors (Lipinski definition) is 1. The van der Waals surface area contributed by atoms with Gasteiger partial charge in [0.25, 0.3) is 0 Å². The molecule has 2 aromatic rings. The maximum atomic E-state index is 12.8. The van der Waals surface area contributed by atoms with E-state index in [4.69, 9.17) is 0 Å². The summed E-state index contributed by atoms with van der Waals surface area (Å²) in [6, 6.07) is 13.9. The van der Waals surface area contributed by atoms with Crippen LogP contribution < -0.4 is 4.90 Å². The molecule has 5 nitrogen and oxygen atoms in total. The molecule has 0 amide bonds. The predicted octanol–water partition coefficient (Wildman–Crippen LogP) is 1.89. The Kier molecular flexibility index (Phi) is 4.14. The van der Waals surface area contributed by atoms with E-state index in [1.165, 1.54) is 0 Å². The third kappa shape index (κ3) is 2.85.